The first-order valence-electron chi connectivity index (χ1n) is 11.6. The van der Waals surface area contributed by atoms with Crippen LogP contribution in [0.5, 0.6) is 0 Å². The number of amides is 1. The number of ether oxygens (including phenoxy) is 5. The molecular formula is C20H35NO16. The number of rotatable bonds is 8. The average molecular weight is 545 g/mol. The number of hydrogen-bond donors (Lipinski definition) is 11. The van der Waals surface area contributed by atoms with Crippen molar-refractivity contribution in [2.24, 2.45) is 0 Å². The minimum atomic E-state index is -1.91. The van der Waals surface area contributed by atoms with Gasteiger partial charge in [0.25, 0.3) is 0 Å². The van der Waals surface area contributed by atoms with Gasteiger partial charge >= 0.3 is 0 Å². The predicted molar refractivity (Wildman–Crippen MR) is 113 cm³/mol. The van der Waals surface area contributed by atoms with Crippen LogP contribution in [0.3, 0.4) is 0 Å². The molecule has 3 saturated heterocycles. The number of hydrogen-bond acceptors (Lipinski definition) is 16. The fourth-order valence-electron chi connectivity index (χ4n) is 4.46. The molecule has 0 bridgehead atoms. The van der Waals surface area contributed by atoms with E-state index in [4.69, 9.17) is 23.7 Å². The highest BCUT2D eigenvalue weighted by molar-refractivity contribution is 5.73. The van der Waals surface area contributed by atoms with Crippen molar-refractivity contribution in [3.8, 4) is 0 Å². The molecule has 15 atom stereocenters. The summed E-state index contributed by atoms with van der Waals surface area (Å²) in [5.74, 6) is -0.627. The highest BCUT2D eigenvalue weighted by Gasteiger charge is 2.53. The number of carbonyl (C=O) groups is 1. The van der Waals surface area contributed by atoms with Crippen molar-refractivity contribution in [2.45, 2.75) is 99.0 Å². The Morgan fingerprint density at radius 1 is 0.649 bits per heavy atom. The maximum absolute atomic E-state index is 11.5. The van der Waals surface area contributed by atoms with Crippen LogP contribution in [0.25, 0.3) is 0 Å². The first-order valence-corrected chi connectivity index (χ1v) is 11.6. The van der Waals surface area contributed by atoms with E-state index in [1.807, 2.05) is 0 Å². The monoisotopic (exact) mass is 545 g/mol. The lowest BCUT2D eigenvalue weighted by Crippen LogP contribution is -2.68. The normalized spacial score (nSPS) is 49.0. The molecule has 1 amide bonds. The van der Waals surface area contributed by atoms with Gasteiger partial charge < -0.3 is 80.1 Å². The zero-order valence-corrected chi connectivity index (χ0v) is 19.7. The van der Waals surface area contributed by atoms with E-state index in [9.17, 15) is 55.9 Å². The van der Waals surface area contributed by atoms with Crippen LogP contribution in [0.1, 0.15) is 6.92 Å². The molecule has 0 saturated carbocycles. The molecule has 0 radical (unpaired) electrons. The summed E-state index contributed by atoms with van der Waals surface area (Å²) in [5, 5.41) is 103. The molecule has 0 aromatic rings. The van der Waals surface area contributed by atoms with Crippen LogP contribution in [0.4, 0.5) is 0 Å². The predicted octanol–water partition coefficient (Wildman–Crippen LogP) is -7.43. The summed E-state index contributed by atoms with van der Waals surface area (Å²) in [6.45, 7) is -1.23. The third-order valence-electron chi connectivity index (χ3n) is 6.50. The molecule has 3 rings (SSSR count). The van der Waals surface area contributed by atoms with Crippen molar-refractivity contribution in [1.82, 2.24) is 5.32 Å². The van der Waals surface area contributed by atoms with Crippen LogP contribution in [-0.4, -0.2) is 169 Å². The molecule has 3 heterocycles. The highest BCUT2D eigenvalue weighted by Crippen LogP contribution is 2.32. The zero-order valence-electron chi connectivity index (χ0n) is 19.7. The molecule has 216 valence electrons. The van der Waals surface area contributed by atoms with E-state index in [1.54, 1.807) is 0 Å². The molecule has 0 aromatic carbocycles. The van der Waals surface area contributed by atoms with Crippen molar-refractivity contribution >= 4 is 5.91 Å². The van der Waals surface area contributed by atoms with Crippen molar-refractivity contribution in [1.29, 1.82) is 0 Å². The van der Waals surface area contributed by atoms with Gasteiger partial charge in [0.05, 0.1) is 19.8 Å². The molecule has 0 aliphatic carbocycles. The summed E-state index contributed by atoms with van der Waals surface area (Å²) in [6, 6.07) is -1.40. The Hall–Kier alpha value is -1.13. The van der Waals surface area contributed by atoms with Crippen molar-refractivity contribution < 1.29 is 79.5 Å². The van der Waals surface area contributed by atoms with E-state index >= 15 is 0 Å². The number of aliphatic hydroxyl groups excluding tert-OH is 10. The van der Waals surface area contributed by atoms with Crippen LogP contribution in [-0.2, 0) is 28.5 Å². The van der Waals surface area contributed by atoms with Crippen molar-refractivity contribution in [3.05, 3.63) is 0 Å². The third-order valence-corrected chi connectivity index (χ3v) is 6.50. The van der Waals surface area contributed by atoms with Gasteiger partial charge in [-0.1, -0.05) is 0 Å². The summed E-state index contributed by atoms with van der Waals surface area (Å²) >= 11 is 0. The molecule has 3 fully saturated rings. The second-order valence-electron chi connectivity index (χ2n) is 9.07. The second kappa shape index (κ2) is 12.8. The van der Waals surface area contributed by atoms with Crippen LogP contribution in [0.2, 0.25) is 0 Å². The first kappa shape index (κ1) is 30.4. The quantitative estimate of drug-likeness (QED) is 0.135. The van der Waals surface area contributed by atoms with Crippen LogP contribution >= 0.6 is 0 Å². The van der Waals surface area contributed by atoms with Gasteiger partial charge in [-0.05, 0) is 0 Å². The molecular weight excluding hydrogens is 510 g/mol. The SMILES string of the molecule is CC(=O)N[C@H]1C(O)O[C@H](CO)[C@H](O[C@@H]2O[C@H](CO)[C@H](O)[C@H](O[C@H]3O[C@H](CO)[C@H](O)[C@H](O)[C@H]3O)[C@H]2O)[C@@H]1O. The molecule has 3 aliphatic heterocycles. The lowest BCUT2D eigenvalue weighted by atomic mass is 9.95. The minimum Gasteiger partial charge on any atom is -0.394 e. The van der Waals surface area contributed by atoms with E-state index in [1.165, 1.54) is 0 Å². The second-order valence-corrected chi connectivity index (χ2v) is 9.07. The standard InChI is InChI=1S/C20H35NO16/c1-5(25)21-9-12(28)16(8(4-24)33-18(9)32)36-20-15(31)17(11(27)7(3-23)35-20)37-19-14(30)13(29)10(26)6(2-22)34-19/h6-20,22-24,26-32H,2-4H2,1H3,(H,21,25)/t6-,7-,8-,9-,10+,11+,12-,13+,14-,15-,16+,17+,18?,19-,20+/m1/s1. The minimum absolute atomic E-state index is 0.627. The Kier molecular flexibility index (Phi) is 10.5. The van der Waals surface area contributed by atoms with Gasteiger partial charge in [-0.15, -0.1) is 0 Å². The Morgan fingerprint density at radius 3 is 1.70 bits per heavy atom. The maximum Gasteiger partial charge on any atom is 0.217 e. The molecule has 3 aliphatic rings. The van der Waals surface area contributed by atoms with E-state index in [0.717, 1.165) is 6.92 Å². The van der Waals surface area contributed by atoms with Gasteiger partial charge in [-0.2, -0.15) is 0 Å². The van der Waals surface area contributed by atoms with Crippen LogP contribution in [0.15, 0.2) is 0 Å². The molecule has 17 heteroatoms. The Labute approximate surface area is 210 Å². The smallest absolute Gasteiger partial charge is 0.217 e. The fourth-order valence-corrected chi connectivity index (χ4v) is 4.46. The molecule has 0 aromatic heterocycles. The topological polar surface area (TPSA) is 278 Å². The van der Waals surface area contributed by atoms with Gasteiger partial charge in [0.2, 0.25) is 5.91 Å². The molecule has 11 N–H and O–H groups in total. The Morgan fingerprint density at radius 2 is 1.16 bits per heavy atom. The van der Waals surface area contributed by atoms with Gasteiger partial charge in [-0.3, -0.25) is 4.79 Å². The first-order chi connectivity index (χ1) is 17.4. The number of aliphatic hydroxyl groups is 10. The third kappa shape index (κ3) is 6.38. The Bertz CT molecular complexity index is 745. The highest BCUT2D eigenvalue weighted by atomic mass is 16.7. The average Bonchev–Trinajstić information content (AvgIpc) is 2.86. The largest absolute Gasteiger partial charge is 0.394 e. The van der Waals surface area contributed by atoms with Gasteiger partial charge in [0, 0.05) is 6.92 Å². The van der Waals surface area contributed by atoms with E-state index in [2.05, 4.69) is 5.32 Å². The molecule has 1 unspecified atom stereocenters. The van der Waals surface area contributed by atoms with Gasteiger partial charge in [-0.25, -0.2) is 0 Å². The van der Waals surface area contributed by atoms with Gasteiger partial charge in [0.1, 0.15) is 73.2 Å². The van der Waals surface area contributed by atoms with Crippen molar-refractivity contribution in [3.63, 3.8) is 0 Å². The summed E-state index contributed by atoms with van der Waals surface area (Å²) in [6.07, 6.45) is -23.4. The van der Waals surface area contributed by atoms with Gasteiger partial charge in [0.15, 0.2) is 18.9 Å². The number of carbonyl (C=O) groups excluding carboxylic acids is 1. The summed E-state index contributed by atoms with van der Waals surface area (Å²) < 4.78 is 26.9. The lowest BCUT2D eigenvalue weighted by molar-refractivity contribution is -0.375. The van der Waals surface area contributed by atoms with E-state index in [-0.39, 0.29) is 0 Å². The van der Waals surface area contributed by atoms with E-state index in [0.29, 0.717) is 0 Å². The Balaban J connectivity index is 1.80. The lowest BCUT2D eigenvalue weighted by Gasteiger charge is -2.48. The summed E-state index contributed by atoms with van der Waals surface area (Å²) in [4.78, 5) is 11.5. The van der Waals surface area contributed by atoms with Crippen molar-refractivity contribution in [2.75, 3.05) is 19.8 Å². The molecule has 17 nitrogen and oxygen atoms in total. The summed E-state index contributed by atoms with van der Waals surface area (Å²) in [7, 11) is 0. The summed E-state index contributed by atoms with van der Waals surface area (Å²) in [5.41, 5.74) is 0. The maximum atomic E-state index is 11.5. The fraction of sp³-hybridized carbons (Fsp3) is 0.950. The number of nitrogens with one attached hydrogen (secondary N) is 1. The van der Waals surface area contributed by atoms with Crippen LogP contribution in [0, 0.1) is 0 Å². The van der Waals surface area contributed by atoms with E-state index < -0.39 is 118 Å². The molecule has 37 heavy (non-hydrogen) atoms. The zero-order chi connectivity index (χ0) is 27.6. The molecule has 0 spiro atoms. The van der Waals surface area contributed by atoms with Crippen LogP contribution < -0.4 is 5.32 Å².